The molecule has 12 nitrogen and oxygen atoms in total. The SMILES string of the molecule is CC(C)(C)c1ccc2c(c1)OCc1nc(n(C3CCCCO3)n1)COc1cc(C(C)(C)C)ccc1OCc1nc(n(C3CCCCO3)n1)CO2. The van der Waals surface area contributed by atoms with Crippen molar-refractivity contribution < 1.29 is 28.4 Å². The average Bonchev–Trinajstić information content (AvgIpc) is 3.72. The average molecular weight is 687 g/mol. The molecule has 2 atom stereocenters. The zero-order valence-electron chi connectivity index (χ0n) is 30.2. The molecule has 0 N–H and O–H groups in total. The lowest BCUT2D eigenvalue weighted by atomic mass is 9.87. The molecule has 7 rings (SSSR count). The van der Waals surface area contributed by atoms with E-state index in [-0.39, 0.29) is 49.7 Å². The lowest BCUT2D eigenvalue weighted by Crippen LogP contribution is -2.22. The van der Waals surface area contributed by atoms with Crippen molar-refractivity contribution in [2.45, 2.75) is 130 Å². The Hall–Kier alpha value is -4.16. The van der Waals surface area contributed by atoms with Crippen LogP contribution in [0.5, 0.6) is 23.0 Å². The van der Waals surface area contributed by atoms with Crippen molar-refractivity contribution >= 4 is 0 Å². The lowest BCUT2D eigenvalue weighted by molar-refractivity contribution is -0.0430. The second kappa shape index (κ2) is 14.2. The standard InChI is InChI=1S/C38H50N6O6/c1-37(2,3)25-14-16-28-29(19-25)48-22-32-40-34(44(42-32)36-12-8-10-18-46-36)24-50-30-20-26(38(4,5)6)13-15-27(30)47-21-31-39-33(23-49-28)43(41-31)35-11-7-9-17-45-35/h13-16,19-20,35-36H,7-12,17-18,21-24H2,1-6H3. The molecule has 5 heterocycles. The second-order valence-corrected chi connectivity index (χ2v) is 15.4. The van der Waals surface area contributed by atoms with Crippen LogP contribution in [0, 0.1) is 0 Å². The van der Waals surface area contributed by atoms with Gasteiger partial charge in [0.2, 0.25) is 0 Å². The minimum absolute atomic E-state index is 0.0936. The summed E-state index contributed by atoms with van der Waals surface area (Å²) < 4.78 is 41.8. The first kappa shape index (κ1) is 34.3. The number of rotatable bonds is 2. The molecule has 2 unspecified atom stereocenters. The van der Waals surface area contributed by atoms with Crippen LogP contribution in [0.15, 0.2) is 36.4 Å². The molecule has 268 valence electrons. The van der Waals surface area contributed by atoms with Crippen LogP contribution in [0.25, 0.3) is 0 Å². The summed E-state index contributed by atoms with van der Waals surface area (Å²) >= 11 is 0. The maximum atomic E-state index is 6.53. The predicted molar refractivity (Wildman–Crippen MR) is 185 cm³/mol. The van der Waals surface area contributed by atoms with Crippen molar-refractivity contribution in [3.05, 3.63) is 70.8 Å². The van der Waals surface area contributed by atoms with Gasteiger partial charge in [-0.1, -0.05) is 53.7 Å². The van der Waals surface area contributed by atoms with Gasteiger partial charge in [0.1, 0.15) is 26.4 Å². The van der Waals surface area contributed by atoms with E-state index in [0.717, 1.165) is 49.7 Å². The lowest BCUT2D eigenvalue weighted by Gasteiger charge is -2.24. The van der Waals surface area contributed by atoms with Crippen LogP contribution < -0.4 is 18.9 Å². The zero-order chi connectivity index (χ0) is 34.9. The van der Waals surface area contributed by atoms with Gasteiger partial charge in [-0.15, -0.1) is 10.2 Å². The summed E-state index contributed by atoms with van der Waals surface area (Å²) in [4.78, 5) is 9.80. The molecule has 3 aliphatic heterocycles. The highest BCUT2D eigenvalue weighted by Gasteiger charge is 2.27. The molecule has 12 heteroatoms. The molecule has 3 aliphatic rings. The van der Waals surface area contributed by atoms with E-state index in [9.17, 15) is 0 Å². The highest BCUT2D eigenvalue weighted by molar-refractivity contribution is 5.46. The van der Waals surface area contributed by atoms with Crippen LogP contribution in [0.2, 0.25) is 0 Å². The normalized spacial score (nSPS) is 20.5. The maximum Gasteiger partial charge on any atom is 0.188 e. The molecule has 4 aromatic rings. The van der Waals surface area contributed by atoms with Crippen molar-refractivity contribution in [2.75, 3.05) is 13.2 Å². The molecular weight excluding hydrogens is 636 g/mol. The van der Waals surface area contributed by atoms with E-state index >= 15 is 0 Å². The third kappa shape index (κ3) is 7.76. The van der Waals surface area contributed by atoms with Crippen LogP contribution in [-0.2, 0) is 46.7 Å². The Labute approximate surface area is 294 Å². The molecule has 4 bridgehead atoms. The topological polar surface area (TPSA) is 117 Å². The quantitative estimate of drug-likeness (QED) is 0.210. The summed E-state index contributed by atoms with van der Waals surface area (Å²) in [6.45, 7) is 15.0. The van der Waals surface area contributed by atoms with Crippen LogP contribution in [-0.4, -0.2) is 42.7 Å². The molecular formula is C38H50N6O6. The fourth-order valence-corrected chi connectivity index (χ4v) is 6.41. The highest BCUT2D eigenvalue weighted by atomic mass is 16.5. The summed E-state index contributed by atoms with van der Waals surface area (Å²) in [5.74, 6) is 4.77. The number of hydrogen-bond donors (Lipinski definition) is 0. The fraction of sp³-hybridized carbons (Fsp3) is 0.579. The van der Waals surface area contributed by atoms with Gasteiger partial charge in [0.25, 0.3) is 0 Å². The van der Waals surface area contributed by atoms with Crippen molar-refractivity contribution in [1.82, 2.24) is 29.5 Å². The molecule has 2 aromatic carbocycles. The Bertz CT molecular complexity index is 1780. The van der Waals surface area contributed by atoms with Crippen molar-refractivity contribution in [1.29, 1.82) is 0 Å². The molecule has 0 radical (unpaired) electrons. The number of hydrogen-bond acceptors (Lipinski definition) is 10. The summed E-state index contributed by atoms with van der Waals surface area (Å²) in [6, 6.07) is 12.1. The van der Waals surface area contributed by atoms with Gasteiger partial charge in [0.15, 0.2) is 58.8 Å². The van der Waals surface area contributed by atoms with Gasteiger partial charge in [-0.3, -0.25) is 0 Å². The van der Waals surface area contributed by atoms with Gasteiger partial charge in [0.05, 0.1) is 0 Å². The van der Waals surface area contributed by atoms with E-state index in [1.54, 1.807) is 0 Å². The molecule has 50 heavy (non-hydrogen) atoms. The van der Waals surface area contributed by atoms with Crippen LogP contribution in [0.4, 0.5) is 0 Å². The number of ether oxygens (including phenoxy) is 6. The maximum absolute atomic E-state index is 6.53. The zero-order valence-corrected chi connectivity index (χ0v) is 30.2. The van der Waals surface area contributed by atoms with Crippen LogP contribution >= 0.6 is 0 Å². The first-order valence-electron chi connectivity index (χ1n) is 17.9. The van der Waals surface area contributed by atoms with Crippen LogP contribution in [0.1, 0.15) is 127 Å². The molecule has 2 saturated heterocycles. The van der Waals surface area contributed by atoms with E-state index in [2.05, 4.69) is 53.7 Å². The van der Waals surface area contributed by atoms with Gasteiger partial charge in [0, 0.05) is 13.2 Å². The highest BCUT2D eigenvalue weighted by Crippen LogP contribution is 2.37. The monoisotopic (exact) mass is 686 g/mol. The smallest absolute Gasteiger partial charge is 0.188 e. The minimum atomic E-state index is -0.222. The third-order valence-electron chi connectivity index (χ3n) is 9.39. The molecule has 0 spiro atoms. The first-order chi connectivity index (χ1) is 24.0. The predicted octanol–water partition coefficient (Wildman–Crippen LogP) is 7.49. The van der Waals surface area contributed by atoms with Crippen molar-refractivity contribution in [3.8, 4) is 23.0 Å². The molecule has 2 aromatic heterocycles. The van der Waals surface area contributed by atoms with Crippen molar-refractivity contribution in [3.63, 3.8) is 0 Å². The van der Waals surface area contributed by atoms with Gasteiger partial charge in [-0.2, -0.15) is 0 Å². The van der Waals surface area contributed by atoms with E-state index in [1.165, 1.54) is 0 Å². The number of benzene rings is 2. The Kier molecular flexibility index (Phi) is 9.76. The van der Waals surface area contributed by atoms with Gasteiger partial charge >= 0.3 is 0 Å². The molecule has 0 saturated carbocycles. The summed E-state index contributed by atoms with van der Waals surface area (Å²) in [5.41, 5.74) is 2.06. The number of fused-ring (bicyclic) bond motifs is 6. The summed E-state index contributed by atoms with van der Waals surface area (Å²) in [5, 5.41) is 9.76. The Balaban J connectivity index is 1.28. The Morgan fingerprint density at radius 1 is 0.540 bits per heavy atom. The van der Waals surface area contributed by atoms with Gasteiger partial charge < -0.3 is 28.4 Å². The summed E-state index contributed by atoms with van der Waals surface area (Å²) in [7, 11) is 0. The molecule has 0 amide bonds. The second-order valence-electron chi connectivity index (χ2n) is 15.4. The molecule has 2 fully saturated rings. The van der Waals surface area contributed by atoms with Crippen LogP contribution in [0.3, 0.4) is 0 Å². The number of nitrogens with zero attached hydrogens (tertiary/aromatic N) is 6. The van der Waals surface area contributed by atoms with Gasteiger partial charge in [-0.25, -0.2) is 19.3 Å². The third-order valence-corrected chi connectivity index (χ3v) is 9.39. The fourth-order valence-electron chi connectivity index (χ4n) is 6.41. The van der Waals surface area contributed by atoms with Crippen molar-refractivity contribution in [2.24, 2.45) is 0 Å². The Morgan fingerprint density at radius 2 is 0.960 bits per heavy atom. The summed E-state index contributed by atoms with van der Waals surface area (Å²) in [6.07, 6.45) is 5.44. The largest absolute Gasteiger partial charge is 0.482 e. The van der Waals surface area contributed by atoms with E-state index in [0.29, 0.717) is 59.5 Å². The van der Waals surface area contributed by atoms with Gasteiger partial charge in [-0.05, 0) is 84.7 Å². The molecule has 0 aliphatic carbocycles. The number of aromatic nitrogens is 6. The van der Waals surface area contributed by atoms with E-state index < -0.39 is 0 Å². The van der Waals surface area contributed by atoms with E-state index in [1.807, 2.05) is 33.6 Å². The first-order valence-corrected chi connectivity index (χ1v) is 17.9. The minimum Gasteiger partial charge on any atom is -0.482 e. The van der Waals surface area contributed by atoms with E-state index in [4.69, 9.17) is 48.6 Å². The Morgan fingerprint density at radius 3 is 1.38 bits per heavy atom.